The molecule has 0 radical (unpaired) electrons. The van der Waals surface area contributed by atoms with Crippen LogP contribution in [0, 0.1) is 12.3 Å². The first-order valence-corrected chi connectivity index (χ1v) is 3.35. The third-order valence-corrected chi connectivity index (χ3v) is 1.70. The molecule has 13 heavy (non-hydrogen) atoms. The molecule has 0 aromatic carbocycles. The molecule has 0 aliphatic carbocycles. The summed E-state index contributed by atoms with van der Waals surface area (Å²) in [4.78, 5) is 10.9. The second-order valence-electron chi connectivity index (χ2n) is 2.83. The Balaban J connectivity index is 2.55. The van der Waals surface area contributed by atoms with Gasteiger partial charge in [0.1, 0.15) is 0 Å². The molecule has 0 aromatic heterocycles. The number of likely N-dealkylation sites (tertiary alicyclic amines) is 1. The number of β-amino-alcohol motifs (C(OH)–C–C–N with tert-alkyl or cyclic N) is 1. The number of rotatable bonds is 0. The van der Waals surface area contributed by atoms with Crippen LogP contribution in [0.3, 0.4) is 0 Å². The first-order valence-electron chi connectivity index (χ1n) is 3.35. The summed E-state index contributed by atoms with van der Waals surface area (Å²) in [6, 6.07) is 0. The van der Waals surface area contributed by atoms with Crippen LogP contribution < -0.4 is 0 Å². The number of aliphatic hydroxyl groups is 1. The monoisotopic (exact) mass is 193 g/mol. The van der Waals surface area contributed by atoms with Crippen LogP contribution in [-0.4, -0.2) is 40.8 Å². The van der Waals surface area contributed by atoms with Gasteiger partial charge >= 0.3 is 12.1 Å². The maximum atomic E-state index is 11.8. The van der Waals surface area contributed by atoms with Crippen molar-refractivity contribution in [3.8, 4) is 12.3 Å². The fourth-order valence-corrected chi connectivity index (χ4v) is 0.999. The second-order valence-corrected chi connectivity index (χ2v) is 2.83. The molecule has 0 saturated carbocycles. The minimum atomic E-state index is -4.89. The van der Waals surface area contributed by atoms with Gasteiger partial charge in [-0.2, -0.15) is 13.2 Å². The summed E-state index contributed by atoms with van der Waals surface area (Å²) in [5.41, 5.74) is -1.58. The molecule has 1 amide bonds. The minimum absolute atomic E-state index is 0.457. The third kappa shape index (κ3) is 1.75. The van der Waals surface area contributed by atoms with Crippen LogP contribution >= 0.6 is 0 Å². The molecule has 0 aromatic rings. The van der Waals surface area contributed by atoms with Gasteiger partial charge in [0.2, 0.25) is 0 Å². The van der Waals surface area contributed by atoms with Gasteiger partial charge in [-0.05, 0) is 0 Å². The van der Waals surface area contributed by atoms with Crippen molar-refractivity contribution in [2.45, 2.75) is 11.8 Å². The molecule has 1 rings (SSSR count). The number of hydrogen-bond acceptors (Lipinski definition) is 2. The maximum Gasteiger partial charge on any atom is 0.471 e. The number of alkyl halides is 3. The summed E-state index contributed by atoms with van der Waals surface area (Å²) in [6.45, 7) is -0.913. The molecule has 0 bridgehead atoms. The van der Waals surface area contributed by atoms with Crippen LogP contribution in [0.1, 0.15) is 0 Å². The highest BCUT2D eigenvalue weighted by molar-refractivity contribution is 5.83. The van der Waals surface area contributed by atoms with Crippen molar-refractivity contribution < 1.29 is 23.1 Å². The van der Waals surface area contributed by atoms with Crippen molar-refractivity contribution in [1.29, 1.82) is 0 Å². The molecule has 0 spiro atoms. The summed E-state index contributed by atoms with van der Waals surface area (Å²) >= 11 is 0. The van der Waals surface area contributed by atoms with Crippen molar-refractivity contribution in [2.24, 2.45) is 0 Å². The SMILES string of the molecule is C#CC1(O)CN(C(=O)C(F)(F)F)C1. The van der Waals surface area contributed by atoms with Gasteiger partial charge in [-0.25, -0.2) is 0 Å². The average Bonchev–Trinajstić information content (AvgIpc) is 1.95. The molecule has 1 N–H and O–H groups in total. The van der Waals surface area contributed by atoms with Gasteiger partial charge in [-0.3, -0.25) is 4.79 Å². The van der Waals surface area contributed by atoms with Gasteiger partial charge in [-0.15, -0.1) is 6.42 Å². The normalized spacial score (nSPS) is 20.4. The Kier molecular flexibility index (Phi) is 2.00. The first-order chi connectivity index (χ1) is 5.78. The number of hydrogen-bond donors (Lipinski definition) is 1. The van der Waals surface area contributed by atoms with Crippen molar-refractivity contribution in [3.63, 3.8) is 0 Å². The zero-order chi connectivity index (χ0) is 10.3. The summed E-state index contributed by atoms with van der Waals surface area (Å²) in [5, 5.41) is 9.11. The predicted octanol–water partition coefficient (Wildman–Crippen LogP) is -0.245. The molecule has 0 atom stereocenters. The van der Waals surface area contributed by atoms with Crippen molar-refractivity contribution in [2.75, 3.05) is 13.1 Å². The van der Waals surface area contributed by atoms with Gasteiger partial charge in [0.05, 0.1) is 13.1 Å². The Bertz CT molecular complexity index is 272. The standard InChI is InChI=1S/C7H6F3NO2/c1-2-6(13)3-11(4-6)5(12)7(8,9)10/h1,13H,3-4H2. The molecule has 1 saturated heterocycles. The molecule has 1 fully saturated rings. The van der Waals surface area contributed by atoms with Crippen LogP contribution in [0.5, 0.6) is 0 Å². The average molecular weight is 193 g/mol. The fourth-order valence-electron chi connectivity index (χ4n) is 0.999. The van der Waals surface area contributed by atoms with Gasteiger partial charge in [0.15, 0.2) is 5.60 Å². The van der Waals surface area contributed by atoms with E-state index in [4.69, 9.17) is 11.5 Å². The van der Waals surface area contributed by atoms with Gasteiger partial charge in [0.25, 0.3) is 0 Å². The highest BCUT2D eigenvalue weighted by Gasteiger charge is 2.51. The van der Waals surface area contributed by atoms with E-state index in [0.717, 1.165) is 0 Å². The summed E-state index contributed by atoms with van der Waals surface area (Å²) in [6.07, 6.45) is -0.0727. The quantitative estimate of drug-likeness (QED) is 0.539. The smallest absolute Gasteiger partial charge is 0.374 e. The van der Waals surface area contributed by atoms with Crippen LogP contribution in [0.2, 0.25) is 0 Å². The number of amides is 1. The molecular formula is C7H6F3NO2. The lowest BCUT2D eigenvalue weighted by Gasteiger charge is -2.42. The lowest BCUT2D eigenvalue weighted by Crippen LogP contribution is -2.64. The second kappa shape index (κ2) is 2.64. The van der Waals surface area contributed by atoms with Crippen LogP contribution in [-0.2, 0) is 4.79 Å². The van der Waals surface area contributed by atoms with Gasteiger partial charge in [0, 0.05) is 0 Å². The lowest BCUT2D eigenvalue weighted by atomic mass is 9.95. The van der Waals surface area contributed by atoms with E-state index in [0.29, 0.717) is 4.90 Å². The highest BCUT2D eigenvalue weighted by atomic mass is 19.4. The molecule has 6 heteroatoms. The Morgan fingerprint density at radius 3 is 2.31 bits per heavy atom. The lowest BCUT2D eigenvalue weighted by molar-refractivity contribution is -0.198. The third-order valence-electron chi connectivity index (χ3n) is 1.70. The molecule has 1 heterocycles. The fraction of sp³-hybridized carbons (Fsp3) is 0.571. The largest absolute Gasteiger partial charge is 0.471 e. The van der Waals surface area contributed by atoms with Crippen molar-refractivity contribution in [3.05, 3.63) is 0 Å². The number of terminal acetylenes is 1. The molecule has 72 valence electrons. The van der Waals surface area contributed by atoms with E-state index in [1.165, 1.54) is 0 Å². The number of carbonyl (C=O) groups excluding carboxylic acids is 1. The summed E-state index contributed by atoms with van der Waals surface area (Å²) < 4.78 is 35.3. The summed E-state index contributed by atoms with van der Waals surface area (Å²) in [7, 11) is 0. The van der Waals surface area contributed by atoms with E-state index in [1.54, 1.807) is 0 Å². The zero-order valence-corrected chi connectivity index (χ0v) is 6.43. The van der Waals surface area contributed by atoms with E-state index in [1.807, 2.05) is 5.92 Å². The Morgan fingerprint density at radius 2 is 2.00 bits per heavy atom. The van der Waals surface area contributed by atoms with Crippen molar-refractivity contribution >= 4 is 5.91 Å². The minimum Gasteiger partial charge on any atom is -0.374 e. The maximum absolute atomic E-state index is 11.8. The molecular weight excluding hydrogens is 187 g/mol. The van der Waals surface area contributed by atoms with Crippen LogP contribution in [0.4, 0.5) is 13.2 Å². The topological polar surface area (TPSA) is 40.5 Å². The molecule has 1 aliphatic rings. The molecule has 1 aliphatic heterocycles. The van der Waals surface area contributed by atoms with Gasteiger partial charge < -0.3 is 10.0 Å². The van der Waals surface area contributed by atoms with E-state index in [9.17, 15) is 18.0 Å². The Morgan fingerprint density at radius 1 is 1.54 bits per heavy atom. The zero-order valence-electron chi connectivity index (χ0n) is 6.43. The Hall–Kier alpha value is -1.22. The van der Waals surface area contributed by atoms with E-state index in [2.05, 4.69) is 0 Å². The summed E-state index contributed by atoms with van der Waals surface area (Å²) in [5.74, 6) is -0.0569. The number of carbonyl (C=O) groups is 1. The number of nitrogens with zero attached hydrogens (tertiary/aromatic N) is 1. The van der Waals surface area contributed by atoms with E-state index < -0.39 is 30.8 Å². The predicted molar refractivity (Wildman–Crippen MR) is 36.4 cm³/mol. The van der Waals surface area contributed by atoms with Gasteiger partial charge in [-0.1, -0.05) is 5.92 Å². The van der Waals surface area contributed by atoms with Crippen LogP contribution in [0.25, 0.3) is 0 Å². The van der Waals surface area contributed by atoms with Crippen molar-refractivity contribution in [1.82, 2.24) is 4.90 Å². The molecule has 0 unspecified atom stereocenters. The molecule has 3 nitrogen and oxygen atoms in total. The highest BCUT2D eigenvalue weighted by Crippen LogP contribution is 2.26. The Labute approximate surface area is 72.1 Å². The van der Waals surface area contributed by atoms with E-state index >= 15 is 0 Å². The first kappa shape index (κ1) is 9.86. The van der Waals surface area contributed by atoms with Crippen LogP contribution in [0.15, 0.2) is 0 Å². The number of halogens is 3. The van der Waals surface area contributed by atoms with E-state index in [-0.39, 0.29) is 0 Å².